The molecule has 24 heavy (non-hydrogen) atoms. The fourth-order valence-electron chi connectivity index (χ4n) is 2.63. The third kappa shape index (κ3) is 3.86. The summed E-state index contributed by atoms with van der Waals surface area (Å²) >= 11 is 0. The molecule has 1 aliphatic rings. The molecule has 0 unspecified atom stereocenters. The van der Waals surface area contributed by atoms with Gasteiger partial charge in [0.25, 0.3) is 5.91 Å². The standard InChI is InChI=1S/C17H20FN5O/c1-12-19-15(17(24)21-14-5-3-4-13(18)10-14)11-16(20-12)23-8-6-22(2)7-9-23/h3-5,10-11H,6-9H2,1-2H3,(H,21,24). The molecule has 0 spiro atoms. The highest BCUT2D eigenvalue weighted by molar-refractivity contribution is 6.03. The monoisotopic (exact) mass is 329 g/mol. The molecule has 0 saturated carbocycles. The summed E-state index contributed by atoms with van der Waals surface area (Å²) in [5.41, 5.74) is 0.679. The Morgan fingerprint density at radius 1 is 1.17 bits per heavy atom. The Morgan fingerprint density at radius 2 is 1.92 bits per heavy atom. The van der Waals surface area contributed by atoms with E-state index < -0.39 is 5.82 Å². The fourth-order valence-corrected chi connectivity index (χ4v) is 2.63. The van der Waals surface area contributed by atoms with Crippen LogP contribution in [0.4, 0.5) is 15.9 Å². The number of nitrogens with one attached hydrogen (secondary N) is 1. The fraction of sp³-hybridized carbons (Fsp3) is 0.353. The zero-order valence-electron chi connectivity index (χ0n) is 13.8. The van der Waals surface area contributed by atoms with Crippen molar-refractivity contribution in [3.05, 3.63) is 47.7 Å². The van der Waals surface area contributed by atoms with Gasteiger partial charge < -0.3 is 15.1 Å². The number of carbonyl (C=O) groups is 1. The second kappa shape index (κ2) is 6.92. The predicted octanol–water partition coefficient (Wildman–Crippen LogP) is 1.93. The van der Waals surface area contributed by atoms with Gasteiger partial charge in [-0.3, -0.25) is 4.79 Å². The average Bonchev–Trinajstić information content (AvgIpc) is 2.55. The second-order valence-corrected chi connectivity index (χ2v) is 5.91. The molecule has 2 heterocycles. The zero-order valence-corrected chi connectivity index (χ0v) is 13.8. The molecule has 0 radical (unpaired) electrons. The van der Waals surface area contributed by atoms with E-state index in [0.29, 0.717) is 11.5 Å². The predicted molar refractivity (Wildman–Crippen MR) is 90.8 cm³/mol. The van der Waals surface area contributed by atoms with Crippen molar-refractivity contribution >= 4 is 17.4 Å². The van der Waals surface area contributed by atoms with Crippen LogP contribution in [-0.2, 0) is 0 Å². The average molecular weight is 329 g/mol. The van der Waals surface area contributed by atoms with Gasteiger partial charge in [-0.1, -0.05) is 6.07 Å². The maximum atomic E-state index is 13.2. The molecule has 1 aliphatic heterocycles. The molecule has 1 saturated heterocycles. The van der Waals surface area contributed by atoms with Gasteiger partial charge in [0.2, 0.25) is 0 Å². The number of likely N-dealkylation sites (N-methyl/N-ethyl adjacent to an activating group) is 1. The molecular formula is C17H20FN5O. The number of hydrogen-bond donors (Lipinski definition) is 1. The van der Waals surface area contributed by atoms with E-state index in [-0.39, 0.29) is 11.6 Å². The molecule has 2 aromatic rings. The first-order valence-corrected chi connectivity index (χ1v) is 7.87. The lowest BCUT2D eigenvalue weighted by molar-refractivity contribution is 0.102. The molecule has 1 amide bonds. The highest BCUT2D eigenvalue weighted by atomic mass is 19.1. The summed E-state index contributed by atoms with van der Waals surface area (Å²) in [6.07, 6.45) is 0. The van der Waals surface area contributed by atoms with E-state index in [2.05, 4.69) is 32.1 Å². The smallest absolute Gasteiger partial charge is 0.274 e. The van der Waals surface area contributed by atoms with Gasteiger partial charge in [0.05, 0.1) is 0 Å². The first-order chi connectivity index (χ1) is 11.5. The van der Waals surface area contributed by atoms with Gasteiger partial charge in [-0.25, -0.2) is 14.4 Å². The van der Waals surface area contributed by atoms with Crippen LogP contribution in [0.1, 0.15) is 16.3 Å². The number of benzene rings is 1. The lowest BCUT2D eigenvalue weighted by Gasteiger charge is -2.33. The summed E-state index contributed by atoms with van der Waals surface area (Å²) in [7, 11) is 2.08. The van der Waals surface area contributed by atoms with Crippen LogP contribution in [0.5, 0.6) is 0 Å². The first-order valence-electron chi connectivity index (χ1n) is 7.87. The van der Waals surface area contributed by atoms with Crippen molar-refractivity contribution in [3.8, 4) is 0 Å². The Bertz CT molecular complexity index is 744. The Labute approximate surface area is 140 Å². The van der Waals surface area contributed by atoms with Crippen LogP contribution in [0.3, 0.4) is 0 Å². The largest absolute Gasteiger partial charge is 0.354 e. The number of anilines is 2. The number of piperazine rings is 1. The van der Waals surface area contributed by atoms with Crippen molar-refractivity contribution in [2.45, 2.75) is 6.92 Å². The van der Waals surface area contributed by atoms with Gasteiger partial charge in [0.15, 0.2) is 0 Å². The number of rotatable bonds is 3. The number of hydrogen-bond acceptors (Lipinski definition) is 5. The SMILES string of the molecule is Cc1nc(C(=O)Nc2cccc(F)c2)cc(N2CCN(C)CC2)n1. The number of carbonyl (C=O) groups excluding carboxylic acids is 1. The van der Waals surface area contributed by atoms with E-state index in [1.165, 1.54) is 12.1 Å². The number of amides is 1. The molecule has 1 aromatic heterocycles. The van der Waals surface area contributed by atoms with E-state index in [1.807, 2.05) is 0 Å². The molecular weight excluding hydrogens is 309 g/mol. The van der Waals surface area contributed by atoms with Crippen LogP contribution in [0.15, 0.2) is 30.3 Å². The third-order valence-electron chi connectivity index (χ3n) is 3.97. The topological polar surface area (TPSA) is 61.4 Å². The summed E-state index contributed by atoms with van der Waals surface area (Å²) < 4.78 is 13.2. The molecule has 1 fully saturated rings. The normalized spacial score (nSPS) is 15.4. The van der Waals surface area contributed by atoms with Gasteiger partial charge in [0, 0.05) is 37.9 Å². The quantitative estimate of drug-likeness (QED) is 0.932. The van der Waals surface area contributed by atoms with Crippen LogP contribution in [0, 0.1) is 12.7 Å². The van der Waals surface area contributed by atoms with Gasteiger partial charge in [-0.15, -0.1) is 0 Å². The Kier molecular flexibility index (Phi) is 4.71. The van der Waals surface area contributed by atoms with E-state index in [9.17, 15) is 9.18 Å². The Balaban J connectivity index is 1.79. The maximum absolute atomic E-state index is 13.2. The van der Waals surface area contributed by atoms with Crippen LogP contribution >= 0.6 is 0 Å². The summed E-state index contributed by atoms with van der Waals surface area (Å²) in [6.45, 7) is 5.39. The van der Waals surface area contributed by atoms with Gasteiger partial charge in [-0.2, -0.15) is 0 Å². The van der Waals surface area contributed by atoms with Crippen molar-refractivity contribution in [2.24, 2.45) is 0 Å². The highest BCUT2D eigenvalue weighted by Gasteiger charge is 2.18. The van der Waals surface area contributed by atoms with Crippen molar-refractivity contribution in [1.29, 1.82) is 0 Å². The third-order valence-corrected chi connectivity index (χ3v) is 3.97. The summed E-state index contributed by atoms with van der Waals surface area (Å²) in [5.74, 6) is 0.516. The van der Waals surface area contributed by atoms with Crippen molar-refractivity contribution in [2.75, 3.05) is 43.4 Å². The Morgan fingerprint density at radius 3 is 2.62 bits per heavy atom. The molecule has 7 heteroatoms. The Hall–Kier alpha value is -2.54. The molecule has 3 rings (SSSR count). The van der Waals surface area contributed by atoms with Crippen molar-refractivity contribution in [3.63, 3.8) is 0 Å². The minimum atomic E-state index is -0.398. The van der Waals surface area contributed by atoms with Crippen molar-refractivity contribution in [1.82, 2.24) is 14.9 Å². The van der Waals surface area contributed by atoms with E-state index in [1.54, 1.807) is 25.1 Å². The molecule has 0 aliphatic carbocycles. The molecule has 126 valence electrons. The number of aromatic nitrogens is 2. The minimum Gasteiger partial charge on any atom is -0.354 e. The first kappa shape index (κ1) is 16.3. The van der Waals surface area contributed by atoms with Gasteiger partial charge >= 0.3 is 0 Å². The summed E-state index contributed by atoms with van der Waals surface area (Å²) in [4.78, 5) is 25.5. The maximum Gasteiger partial charge on any atom is 0.274 e. The van der Waals surface area contributed by atoms with E-state index >= 15 is 0 Å². The lowest BCUT2D eigenvalue weighted by Crippen LogP contribution is -2.45. The molecule has 0 bridgehead atoms. The molecule has 0 atom stereocenters. The van der Waals surface area contributed by atoms with Crippen LogP contribution < -0.4 is 10.2 Å². The summed E-state index contributed by atoms with van der Waals surface area (Å²) in [6, 6.07) is 7.47. The van der Waals surface area contributed by atoms with Crippen LogP contribution in [0.2, 0.25) is 0 Å². The molecule has 1 aromatic carbocycles. The zero-order chi connectivity index (χ0) is 17.1. The second-order valence-electron chi connectivity index (χ2n) is 5.91. The van der Waals surface area contributed by atoms with Gasteiger partial charge in [0.1, 0.15) is 23.2 Å². The highest BCUT2D eigenvalue weighted by Crippen LogP contribution is 2.16. The van der Waals surface area contributed by atoms with Gasteiger partial charge in [-0.05, 0) is 32.2 Å². The van der Waals surface area contributed by atoms with E-state index in [4.69, 9.17) is 0 Å². The molecule has 1 N–H and O–H groups in total. The summed E-state index contributed by atoms with van der Waals surface area (Å²) in [5, 5.41) is 2.67. The van der Waals surface area contributed by atoms with Crippen LogP contribution in [0.25, 0.3) is 0 Å². The number of halogens is 1. The lowest BCUT2D eigenvalue weighted by atomic mass is 10.2. The number of nitrogens with zero attached hydrogens (tertiary/aromatic N) is 4. The van der Waals surface area contributed by atoms with Crippen molar-refractivity contribution < 1.29 is 9.18 Å². The molecule has 6 nitrogen and oxygen atoms in total. The van der Waals surface area contributed by atoms with Crippen LogP contribution in [-0.4, -0.2) is 54.0 Å². The number of aryl methyl sites for hydroxylation is 1. The minimum absolute atomic E-state index is 0.278. The van der Waals surface area contributed by atoms with E-state index in [0.717, 1.165) is 32.0 Å².